The van der Waals surface area contributed by atoms with Gasteiger partial charge in [-0.2, -0.15) is 5.10 Å². The molecule has 0 aliphatic carbocycles. The monoisotopic (exact) mass is 201 g/mol. The minimum absolute atomic E-state index is 0.424. The molecule has 2 N–H and O–H groups in total. The third-order valence-electron chi connectivity index (χ3n) is 2.56. The standard InChI is InChI=1S/C12H15N3/c1-10(11-5-3-2-4-6-11)9-15-12(13)7-8-14-15/h2-8,10H,9,13H2,1H3/t10-/m0/s1. The Labute approximate surface area is 89.5 Å². The van der Waals surface area contributed by atoms with Gasteiger partial charge >= 0.3 is 0 Å². The van der Waals surface area contributed by atoms with E-state index in [1.54, 1.807) is 6.20 Å². The average Bonchev–Trinajstić information content (AvgIpc) is 2.66. The van der Waals surface area contributed by atoms with Crippen LogP contribution in [0.2, 0.25) is 0 Å². The van der Waals surface area contributed by atoms with Gasteiger partial charge in [-0.15, -0.1) is 0 Å². The van der Waals surface area contributed by atoms with Crippen LogP contribution in [0.4, 0.5) is 5.82 Å². The molecule has 0 spiro atoms. The van der Waals surface area contributed by atoms with E-state index in [9.17, 15) is 0 Å². The highest BCUT2D eigenvalue weighted by atomic mass is 15.3. The predicted molar refractivity (Wildman–Crippen MR) is 61.5 cm³/mol. The van der Waals surface area contributed by atoms with E-state index in [-0.39, 0.29) is 0 Å². The van der Waals surface area contributed by atoms with E-state index >= 15 is 0 Å². The van der Waals surface area contributed by atoms with Gasteiger partial charge in [-0.1, -0.05) is 37.3 Å². The Morgan fingerprint density at radius 3 is 2.60 bits per heavy atom. The Balaban J connectivity index is 2.11. The van der Waals surface area contributed by atoms with E-state index in [0.29, 0.717) is 5.92 Å². The molecule has 3 heteroatoms. The topological polar surface area (TPSA) is 43.8 Å². The minimum Gasteiger partial charge on any atom is -0.384 e. The zero-order chi connectivity index (χ0) is 10.7. The van der Waals surface area contributed by atoms with Gasteiger partial charge < -0.3 is 5.73 Å². The van der Waals surface area contributed by atoms with Crippen molar-refractivity contribution < 1.29 is 0 Å². The number of rotatable bonds is 3. The third-order valence-corrected chi connectivity index (χ3v) is 2.56. The van der Waals surface area contributed by atoms with Crippen molar-refractivity contribution in [2.45, 2.75) is 19.4 Å². The van der Waals surface area contributed by atoms with Crippen molar-refractivity contribution in [3.63, 3.8) is 0 Å². The summed E-state index contributed by atoms with van der Waals surface area (Å²) < 4.78 is 1.83. The molecule has 1 aromatic carbocycles. The summed E-state index contributed by atoms with van der Waals surface area (Å²) in [6.45, 7) is 3.00. The van der Waals surface area contributed by atoms with E-state index in [1.165, 1.54) is 5.56 Å². The molecule has 1 aromatic heterocycles. The lowest BCUT2D eigenvalue weighted by atomic mass is 10.0. The summed E-state index contributed by atoms with van der Waals surface area (Å²) >= 11 is 0. The van der Waals surface area contributed by atoms with Crippen LogP contribution in [0.15, 0.2) is 42.6 Å². The van der Waals surface area contributed by atoms with Gasteiger partial charge in [0.2, 0.25) is 0 Å². The maximum Gasteiger partial charge on any atom is 0.121 e. The molecule has 3 nitrogen and oxygen atoms in total. The molecule has 0 saturated carbocycles. The fourth-order valence-corrected chi connectivity index (χ4v) is 1.64. The number of anilines is 1. The van der Waals surface area contributed by atoms with E-state index < -0.39 is 0 Å². The third kappa shape index (κ3) is 2.18. The molecular formula is C12H15N3. The summed E-state index contributed by atoms with van der Waals surface area (Å²) in [5.41, 5.74) is 7.08. The van der Waals surface area contributed by atoms with Crippen LogP contribution in [0.3, 0.4) is 0 Å². The van der Waals surface area contributed by atoms with Gasteiger partial charge in [0.05, 0.1) is 6.20 Å². The maximum absolute atomic E-state index is 5.77. The summed E-state index contributed by atoms with van der Waals surface area (Å²) in [7, 11) is 0. The normalized spacial score (nSPS) is 12.6. The number of hydrogen-bond acceptors (Lipinski definition) is 2. The Morgan fingerprint density at radius 1 is 1.27 bits per heavy atom. The van der Waals surface area contributed by atoms with Gasteiger partial charge in [-0.05, 0) is 11.6 Å². The molecule has 0 aliphatic rings. The molecule has 78 valence electrons. The van der Waals surface area contributed by atoms with Crippen LogP contribution in [0, 0.1) is 0 Å². The predicted octanol–water partition coefficient (Wildman–Crippen LogP) is 2.27. The molecule has 2 rings (SSSR count). The smallest absolute Gasteiger partial charge is 0.121 e. The van der Waals surface area contributed by atoms with Crippen molar-refractivity contribution >= 4 is 5.82 Å². The number of benzene rings is 1. The Hall–Kier alpha value is -1.77. The van der Waals surface area contributed by atoms with Crippen LogP contribution in [0.5, 0.6) is 0 Å². The molecule has 0 amide bonds. The lowest BCUT2D eigenvalue weighted by Crippen LogP contribution is -2.10. The van der Waals surface area contributed by atoms with E-state index in [1.807, 2.05) is 16.8 Å². The fraction of sp³-hybridized carbons (Fsp3) is 0.250. The zero-order valence-electron chi connectivity index (χ0n) is 8.80. The number of hydrogen-bond donors (Lipinski definition) is 1. The number of nitrogen functional groups attached to an aromatic ring is 1. The molecule has 0 unspecified atom stereocenters. The fourth-order valence-electron chi connectivity index (χ4n) is 1.64. The average molecular weight is 201 g/mol. The van der Waals surface area contributed by atoms with Gasteiger partial charge in [0.1, 0.15) is 5.82 Å². The first-order chi connectivity index (χ1) is 7.27. The van der Waals surface area contributed by atoms with Crippen LogP contribution < -0.4 is 5.73 Å². The summed E-state index contributed by atoms with van der Waals surface area (Å²) in [6, 6.07) is 12.2. The van der Waals surface area contributed by atoms with E-state index in [2.05, 4.69) is 36.3 Å². The zero-order valence-corrected chi connectivity index (χ0v) is 8.80. The lowest BCUT2D eigenvalue weighted by molar-refractivity contribution is 0.550. The van der Waals surface area contributed by atoms with Crippen LogP contribution in [0.1, 0.15) is 18.4 Å². The second kappa shape index (κ2) is 4.17. The Bertz CT molecular complexity index is 419. The summed E-state index contributed by atoms with van der Waals surface area (Å²) in [6.07, 6.45) is 1.73. The number of nitrogens with two attached hydrogens (primary N) is 1. The molecule has 0 fully saturated rings. The maximum atomic E-state index is 5.77. The molecule has 1 atom stereocenters. The number of nitrogens with zero attached hydrogens (tertiary/aromatic N) is 2. The van der Waals surface area contributed by atoms with Gasteiger partial charge in [0.25, 0.3) is 0 Å². The van der Waals surface area contributed by atoms with Crippen LogP contribution >= 0.6 is 0 Å². The van der Waals surface area contributed by atoms with Gasteiger partial charge in [0, 0.05) is 12.5 Å². The Kier molecular flexibility index (Phi) is 2.72. The molecular weight excluding hydrogens is 186 g/mol. The SMILES string of the molecule is C[C@@H](Cn1nccc1N)c1ccccc1. The molecule has 2 aromatic rings. The molecule has 15 heavy (non-hydrogen) atoms. The first-order valence-electron chi connectivity index (χ1n) is 5.09. The highest BCUT2D eigenvalue weighted by Gasteiger charge is 2.07. The van der Waals surface area contributed by atoms with Crippen LogP contribution in [-0.2, 0) is 6.54 Å². The largest absolute Gasteiger partial charge is 0.384 e. The first-order valence-corrected chi connectivity index (χ1v) is 5.09. The van der Waals surface area contributed by atoms with Crippen LogP contribution in [0.25, 0.3) is 0 Å². The van der Waals surface area contributed by atoms with E-state index in [0.717, 1.165) is 12.4 Å². The highest BCUT2D eigenvalue weighted by molar-refractivity contribution is 5.27. The van der Waals surface area contributed by atoms with E-state index in [4.69, 9.17) is 5.73 Å². The van der Waals surface area contributed by atoms with Crippen molar-refractivity contribution in [3.8, 4) is 0 Å². The summed E-state index contributed by atoms with van der Waals surface area (Å²) in [5.74, 6) is 1.14. The van der Waals surface area contributed by atoms with Crippen molar-refractivity contribution in [3.05, 3.63) is 48.2 Å². The Morgan fingerprint density at radius 2 is 2.00 bits per heavy atom. The van der Waals surface area contributed by atoms with Crippen molar-refractivity contribution in [1.82, 2.24) is 9.78 Å². The minimum atomic E-state index is 0.424. The van der Waals surface area contributed by atoms with Gasteiger partial charge in [0.15, 0.2) is 0 Å². The molecule has 0 saturated heterocycles. The van der Waals surface area contributed by atoms with Crippen molar-refractivity contribution in [1.29, 1.82) is 0 Å². The first kappa shape index (κ1) is 9.77. The van der Waals surface area contributed by atoms with Gasteiger partial charge in [-0.3, -0.25) is 0 Å². The molecule has 0 aliphatic heterocycles. The second-order valence-electron chi connectivity index (χ2n) is 3.75. The summed E-state index contributed by atoms with van der Waals surface area (Å²) in [4.78, 5) is 0. The summed E-state index contributed by atoms with van der Waals surface area (Å²) in [5, 5.41) is 4.17. The molecule has 0 radical (unpaired) electrons. The van der Waals surface area contributed by atoms with Crippen molar-refractivity contribution in [2.75, 3.05) is 5.73 Å². The van der Waals surface area contributed by atoms with Gasteiger partial charge in [-0.25, -0.2) is 4.68 Å². The second-order valence-corrected chi connectivity index (χ2v) is 3.75. The molecule has 1 heterocycles. The van der Waals surface area contributed by atoms with Crippen molar-refractivity contribution in [2.24, 2.45) is 0 Å². The number of aromatic nitrogens is 2. The quantitative estimate of drug-likeness (QED) is 0.827. The highest BCUT2D eigenvalue weighted by Crippen LogP contribution is 2.17. The molecule has 0 bridgehead atoms. The lowest BCUT2D eigenvalue weighted by Gasteiger charge is -2.12. The van der Waals surface area contributed by atoms with Crippen LogP contribution in [-0.4, -0.2) is 9.78 Å².